The molecule has 0 atom stereocenters. The lowest BCUT2D eigenvalue weighted by atomic mass is 10.3. The maximum absolute atomic E-state index is 5.62. The van der Waals surface area contributed by atoms with Crippen LogP contribution in [0.3, 0.4) is 0 Å². The van der Waals surface area contributed by atoms with Crippen LogP contribution in [0.25, 0.3) is 0 Å². The van der Waals surface area contributed by atoms with Crippen molar-refractivity contribution in [3.63, 3.8) is 0 Å². The zero-order chi connectivity index (χ0) is 14.5. The number of hydrogen-bond donors (Lipinski definition) is 2. The normalized spacial score (nSPS) is 12.0. The van der Waals surface area contributed by atoms with E-state index in [2.05, 4.69) is 35.5 Å². The van der Waals surface area contributed by atoms with Gasteiger partial charge in [-0.1, -0.05) is 20.8 Å². The molecule has 0 bridgehead atoms. The first-order valence-corrected chi connectivity index (χ1v) is 7.78. The van der Waals surface area contributed by atoms with Crippen LogP contribution < -0.4 is 11.5 Å². The van der Waals surface area contributed by atoms with Crippen LogP contribution in [-0.4, -0.2) is 86.7 Å². The Kier molecular flexibility index (Phi) is 12.7. The molecule has 19 heavy (non-hydrogen) atoms. The van der Waals surface area contributed by atoms with E-state index < -0.39 is 0 Å². The first kappa shape index (κ1) is 18.8. The van der Waals surface area contributed by atoms with Crippen molar-refractivity contribution in [1.82, 2.24) is 14.7 Å². The van der Waals surface area contributed by atoms with Gasteiger partial charge in [-0.2, -0.15) is 0 Å². The smallest absolute Gasteiger partial charge is 0.0110 e. The second-order valence-electron chi connectivity index (χ2n) is 4.88. The van der Waals surface area contributed by atoms with Crippen LogP contribution in [0.2, 0.25) is 0 Å². The molecule has 5 heteroatoms. The lowest BCUT2D eigenvalue weighted by Crippen LogP contribution is -2.41. The summed E-state index contributed by atoms with van der Waals surface area (Å²) in [5.74, 6) is 0. The van der Waals surface area contributed by atoms with E-state index in [1.165, 1.54) is 0 Å². The molecule has 5 nitrogen and oxygen atoms in total. The van der Waals surface area contributed by atoms with E-state index in [9.17, 15) is 0 Å². The van der Waals surface area contributed by atoms with Gasteiger partial charge < -0.3 is 26.2 Å². The fraction of sp³-hybridized carbons (Fsp3) is 1.00. The molecule has 0 unspecified atom stereocenters. The molecule has 0 aliphatic rings. The Morgan fingerprint density at radius 3 is 1.00 bits per heavy atom. The standard InChI is InChI=1S/C14H35N5/c1-4-17(9-7-15)11-13-19(6-3)14-12-18(5-2)10-8-16/h4-16H2,1-3H3. The summed E-state index contributed by atoms with van der Waals surface area (Å²) in [5.41, 5.74) is 11.2. The van der Waals surface area contributed by atoms with Gasteiger partial charge in [-0.15, -0.1) is 0 Å². The molecule has 0 heterocycles. The summed E-state index contributed by atoms with van der Waals surface area (Å²) < 4.78 is 0. The van der Waals surface area contributed by atoms with E-state index in [1.54, 1.807) is 0 Å². The van der Waals surface area contributed by atoms with Crippen molar-refractivity contribution < 1.29 is 0 Å². The van der Waals surface area contributed by atoms with Gasteiger partial charge >= 0.3 is 0 Å². The predicted molar refractivity (Wildman–Crippen MR) is 84.5 cm³/mol. The Hall–Kier alpha value is -0.200. The minimum absolute atomic E-state index is 0.750. The molecule has 116 valence electrons. The molecule has 0 radical (unpaired) electrons. The van der Waals surface area contributed by atoms with Crippen molar-refractivity contribution in [2.45, 2.75) is 20.8 Å². The van der Waals surface area contributed by atoms with Gasteiger partial charge in [0.25, 0.3) is 0 Å². The number of nitrogens with two attached hydrogens (primary N) is 2. The second kappa shape index (κ2) is 12.8. The van der Waals surface area contributed by atoms with Crippen molar-refractivity contribution in [2.75, 3.05) is 72.0 Å². The minimum Gasteiger partial charge on any atom is -0.329 e. The summed E-state index contributed by atoms with van der Waals surface area (Å²) >= 11 is 0. The molecule has 0 aromatic carbocycles. The highest BCUT2D eigenvalue weighted by atomic mass is 15.2. The first-order chi connectivity index (χ1) is 9.21. The monoisotopic (exact) mass is 273 g/mol. The van der Waals surface area contributed by atoms with Gasteiger partial charge in [0.15, 0.2) is 0 Å². The fourth-order valence-corrected chi connectivity index (χ4v) is 2.21. The third-order valence-corrected chi connectivity index (χ3v) is 3.70. The molecule has 0 fully saturated rings. The van der Waals surface area contributed by atoms with Crippen LogP contribution in [-0.2, 0) is 0 Å². The van der Waals surface area contributed by atoms with Crippen molar-refractivity contribution in [3.05, 3.63) is 0 Å². The van der Waals surface area contributed by atoms with Crippen LogP contribution >= 0.6 is 0 Å². The van der Waals surface area contributed by atoms with Gasteiger partial charge in [-0.3, -0.25) is 0 Å². The highest BCUT2D eigenvalue weighted by molar-refractivity contribution is 4.65. The topological polar surface area (TPSA) is 61.8 Å². The number of likely N-dealkylation sites (N-methyl/N-ethyl adjacent to an activating group) is 3. The molecule has 0 aromatic heterocycles. The van der Waals surface area contributed by atoms with Gasteiger partial charge in [0, 0.05) is 52.4 Å². The molecule has 0 spiro atoms. The third-order valence-electron chi connectivity index (χ3n) is 3.70. The summed E-state index contributed by atoms with van der Waals surface area (Å²) in [5, 5.41) is 0. The van der Waals surface area contributed by atoms with E-state index in [4.69, 9.17) is 11.5 Å². The molecular formula is C14H35N5. The summed E-state index contributed by atoms with van der Waals surface area (Å²) in [7, 11) is 0. The lowest BCUT2D eigenvalue weighted by Gasteiger charge is -2.28. The highest BCUT2D eigenvalue weighted by Gasteiger charge is 2.08. The Morgan fingerprint density at radius 2 is 0.789 bits per heavy atom. The number of rotatable bonds is 13. The largest absolute Gasteiger partial charge is 0.329 e. The van der Waals surface area contributed by atoms with Gasteiger partial charge in [-0.25, -0.2) is 0 Å². The average Bonchev–Trinajstić information content (AvgIpc) is 2.44. The molecular weight excluding hydrogens is 238 g/mol. The van der Waals surface area contributed by atoms with Gasteiger partial charge in [-0.05, 0) is 19.6 Å². The number of nitrogens with zero attached hydrogens (tertiary/aromatic N) is 3. The SMILES string of the molecule is CCN(CCN)CCN(CC)CCN(CC)CCN. The fourth-order valence-electron chi connectivity index (χ4n) is 2.21. The van der Waals surface area contributed by atoms with Crippen molar-refractivity contribution >= 4 is 0 Å². The van der Waals surface area contributed by atoms with Gasteiger partial charge in [0.2, 0.25) is 0 Å². The molecule has 0 amide bonds. The van der Waals surface area contributed by atoms with E-state index in [0.717, 1.165) is 72.0 Å². The molecule has 4 N–H and O–H groups in total. The Morgan fingerprint density at radius 1 is 0.526 bits per heavy atom. The molecule has 0 aliphatic carbocycles. The lowest BCUT2D eigenvalue weighted by molar-refractivity contribution is 0.189. The summed E-state index contributed by atoms with van der Waals surface area (Å²) in [6.07, 6.45) is 0. The van der Waals surface area contributed by atoms with Crippen molar-refractivity contribution in [2.24, 2.45) is 11.5 Å². The molecule has 0 saturated heterocycles. The van der Waals surface area contributed by atoms with Crippen molar-refractivity contribution in [1.29, 1.82) is 0 Å². The molecule has 0 saturated carbocycles. The summed E-state index contributed by atoms with van der Waals surface area (Å²) in [6.45, 7) is 17.9. The molecule has 0 rings (SSSR count). The summed E-state index contributed by atoms with van der Waals surface area (Å²) in [4.78, 5) is 7.35. The predicted octanol–water partition coefficient (Wildman–Crippen LogP) is -0.130. The van der Waals surface area contributed by atoms with Crippen LogP contribution in [0.15, 0.2) is 0 Å². The average molecular weight is 273 g/mol. The van der Waals surface area contributed by atoms with Crippen LogP contribution in [0.1, 0.15) is 20.8 Å². The van der Waals surface area contributed by atoms with Crippen LogP contribution in [0, 0.1) is 0 Å². The van der Waals surface area contributed by atoms with E-state index >= 15 is 0 Å². The maximum atomic E-state index is 5.62. The van der Waals surface area contributed by atoms with Crippen molar-refractivity contribution in [3.8, 4) is 0 Å². The first-order valence-electron chi connectivity index (χ1n) is 7.78. The zero-order valence-corrected chi connectivity index (χ0v) is 13.3. The molecule has 0 aromatic rings. The quantitative estimate of drug-likeness (QED) is 0.489. The Balaban J connectivity index is 3.92. The van der Waals surface area contributed by atoms with E-state index in [-0.39, 0.29) is 0 Å². The van der Waals surface area contributed by atoms with E-state index in [0.29, 0.717) is 0 Å². The van der Waals surface area contributed by atoms with Crippen LogP contribution in [0.4, 0.5) is 0 Å². The zero-order valence-electron chi connectivity index (χ0n) is 13.3. The Labute approximate surface area is 119 Å². The van der Waals surface area contributed by atoms with Crippen LogP contribution in [0.5, 0.6) is 0 Å². The van der Waals surface area contributed by atoms with Gasteiger partial charge in [0.1, 0.15) is 0 Å². The Bertz CT molecular complexity index is 171. The summed E-state index contributed by atoms with van der Waals surface area (Å²) in [6, 6.07) is 0. The van der Waals surface area contributed by atoms with Gasteiger partial charge in [0.05, 0.1) is 0 Å². The maximum Gasteiger partial charge on any atom is 0.0110 e. The highest BCUT2D eigenvalue weighted by Crippen LogP contribution is 1.94. The second-order valence-corrected chi connectivity index (χ2v) is 4.88. The number of hydrogen-bond acceptors (Lipinski definition) is 5. The van der Waals surface area contributed by atoms with E-state index in [1.807, 2.05) is 0 Å². The minimum atomic E-state index is 0.750. The third kappa shape index (κ3) is 9.35. The molecule has 0 aliphatic heterocycles.